The number of nitrogens with zero attached hydrogens (tertiary/aromatic N) is 3. The van der Waals surface area contributed by atoms with Gasteiger partial charge in [0.1, 0.15) is 11.9 Å². The Bertz CT molecular complexity index is 1230. The number of alkyl halides is 3. The molecule has 2 aromatic carbocycles. The highest BCUT2D eigenvalue weighted by atomic mass is 35.5. The van der Waals surface area contributed by atoms with E-state index >= 15 is 0 Å². The highest BCUT2D eigenvalue weighted by Crippen LogP contribution is 2.37. The number of halogens is 5. The highest BCUT2D eigenvalue weighted by molar-refractivity contribution is 8.00. The van der Waals surface area contributed by atoms with E-state index in [-0.39, 0.29) is 23.2 Å². The first kappa shape index (κ1) is 27.6. The van der Waals surface area contributed by atoms with Crippen molar-refractivity contribution in [2.24, 2.45) is 0 Å². The molecular formula is C24H21Cl2F3N4O2S. The standard InChI is InChI=1S/C24H21Cl2F3N4O2S/c1-15(23(35)32(2)18-4-6-19(7-5-18)36-24(27,28)29)33(14-34)13-16-9-10-30-22(11-16)31-21-12-17(25)3-8-20(21)26/h3-12,14-15H,13H2,1-2H3,(H,30,31). The maximum atomic E-state index is 13.0. The third-order valence-electron chi connectivity index (χ3n) is 5.16. The number of carbonyl (C=O) groups excluding carboxylic acids is 2. The first-order valence-corrected chi connectivity index (χ1v) is 12.1. The summed E-state index contributed by atoms with van der Waals surface area (Å²) in [5.74, 6) is 0.0619. The molecule has 0 saturated heterocycles. The molecule has 1 atom stereocenters. The van der Waals surface area contributed by atoms with Gasteiger partial charge in [0.05, 0.1) is 10.7 Å². The van der Waals surface area contributed by atoms with Crippen molar-refractivity contribution >= 4 is 64.5 Å². The molecular weight excluding hydrogens is 536 g/mol. The number of pyridine rings is 1. The minimum absolute atomic E-state index is 0.0100. The molecule has 1 heterocycles. The molecule has 1 unspecified atom stereocenters. The molecule has 36 heavy (non-hydrogen) atoms. The van der Waals surface area contributed by atoms with Crippen molar-refractivity contribution in [1.29, 1.82) is 0 Å². The van der Waals surface area contributed by atoms with E-state index in [9.17, 15) is 22.8 Å². The van der Waals surface area contributed by atoms with Crippen LogP contribution >= 0.6 is 35.0 Å². The molecule has 0 saturated carbocycles. The van der Waals surface area contributed by atoms with E-state index in [0.717, 1.165) is 0 Å². The zero-order chi connectivity index (χ0) is 26.5. The van der Waals surface area contributed by atoms with Gasteiger partial charge in [-0.1, -0.05) is 23.2 Å². The number of nitrogens with one attached hydrogen (secondary N) is 1. The summed E-state index contributed by atoms with van der Waals surface area (Å²) in [6.07, 6.45) is 2.12. The minimum Gasteiger partial charge on any atom is -0.339 e. The van der Waals surface area contributed by atoms with Gasteiger partial charge in [-0.2, -0.15) is 13.2 Å². The van der Waals surface area contributed by atoms with Gasteiger partial charge >= 0.3 is 5.51 Å². The van der Waals surface area contributed by atoms with Crippen LogP contribution in [0.5, 0.6) is 0 Å². The largest absolute Gasteiger partial charge is 0.446 e. The van der Waals surface area contributed by atoms with Crippen LogP contribution in [0.3, 0.4) is 0 Å². The molecule has 0 aliphatic heterocycles. The van der Waals surface area contributed by atoms with Crippen molar-refractivity contribution in [2.75, 3.05) is 17.3 Å². The van der Waals surface area contributed by atoms with Gasteiger partial charge < -0.3 is 15.1 Å². The molecule has 3 aromatic rings. The van der Waals surface area contributed by atoms with Crippen LogP contribution in [0.1, 0.15) is 12.5 Å². The van der Waals surface area contributed by atoms with Crippen molar-refractivity contribution in [3.05, 3.63) is 76.4 Å². The van der Waals surface area contributed by atoms with Crippen LogP contribution in [-0.4, -0.2) is 40.8 Å². The SMILES string of the molecule is CC(C(=O)N(C)c1ccc(SC(F)(F)F)cc1)N(C=O)Cc1ccnc(Nc2cc(Cl)ccc2Cl)c1. The second-order valence-corrected chi connectivity index (χ2v) is 9.67. The molecule has 12 heteroatoms. The summed E-state index contributed by atoms with van der Waals surface area (Å²) in [5.41, 5.74) is -2.73. The quantitative estimate of drug-likeness (QED) is 0.233. The maximum Gasteiger partial charge on any atom is 0.446 e. The molecule has 190 valence electrons. The zero-order valence-electron chi connectivity index (χ0n) is 19.1. The Morgan fingerprint density at radius 1 is 1.14 bits per heavy atom. The van der Waals surface area contributed by atoms with E-state index in [1.54, 1.807) is 43.5 Å². The Balaban J connectivity index is 1.69. The first-order chi connectivity index (χ1) is 17.0. The van der Waals surface area contributed by atoms with Gasteiger partial charge in [0.15, 0.2) is 0 Å². The lowest BCUT2D eigenvalue weighted by molar-refractivity contribution is -0.130. The van der Waals surface area contributed by atoms with Crippen molar-refractivity contribution < 1.29 is 22.8 Å². The Morgan fingerprint density at radius 2 is 1.83 bits per heavy atom. The van der Waals surface area contributed by atoms with E-state index in [2.05, 4.69) is 10.3 Å². The number of hydrogen-bond acceptors (Lipinski definition) is 5. The van der Waals surface area contributed by atoms with Crippen molar-refractivity contribution in [2.45, 2.75) is 29.9 Å². The average Bonchev–Trinajstić information content (AvgIpc) is 2.83. The molecule has 0 spiro atoms. The molecule has 3 rings (SSSR count). The Morgan fingerprint density at radius 3 is 2.47 bits per heavy atom. The van der Waals surface area contributed by atoms with Crippen LogP contribution in [0.25, 0.3) is 0 Å². The summed E-state index contributed by atoms with van der Waals surface area (Å²) in [5, 5.41) is 4.02. The molecule has 1 N–H and O–H groups in total. The Labute approximate surface area is 220 Å². The molecule has 6 nitrogen and oxygen atoms in total. The maximum absolute atomic E-state index is 13.0. The number of aromatic nitrogens is 1. The first-order valence-electron chi connectivity index (χ1n) is 10.5. The third kappa shape index (κ3) is 7.52. The second-order valence-electron chi connectivity index (χ2n) is 7.69. The van der Waals surface area contributed by atoms with Crippen molar-refractivity contribution in [3.8, 4) is 0 Å². The summed E-state index contributed by atoms with van der Waals surface area (Å²) in [6, 6.07) is 13.0. The number of carbonyl (C=O) groups is 2. The zero-order valence-corrected chi connectivity index (χ0v) is 21.4. The van der Waals surface area contributed by atoms with Crippen LogP contribution in [0.2, 0.25) is 10.0 Å². The van der Waals surface area contributed by atoms with E-state index in [1.165, 1.54) is 41.1 Å². The van der Waals surface area contributed by atoms with Gasteiger partial charge in [-0.25, -0.2) is 4.98 Å². The lowest BCUT2D eigenvalue weighted by Gasteiger charge is -2.28. The molecule has 1 aromatic heterocycles. The van der Waals surface area contributed by atoms with Crippen LogP contribution in [-0.2, 0) is 16.1 Å². The van der Waals surface area contributed by atoms with Gasteiger partial charge in [-0.05, 0) is 78.8 Å². The normalized spacial score (nSPS) is 12.1. The lowest BCUT2D eigenvalue weighted by atomic mass is 10.2. The molecule has 2 amide bonds. The number of hydrogen-bond donors (Lipinski definition) is 1. The smallest absolute Gasteiger partial charge is 0.339 e. The Hall–Kier alpha value is -2.95. The number of likely N-dealkylation sites (N-methyl/N-ethyl adjacent to an activating group) is 1. The summed E-state index contributed by atoms with van der Waals surface area (Å²) in [7, 11) is 1.50. The monoisotopic (exact) mass is 556 g/mol. The number of rotatable bonds is 9. The number of benzene rings is 2. The minimum atomic E-state index is -4.40. The van der Waals surface area contributed by atoms with Crippen LogP contribution in [0.15, 0.2) is 65.7 Å². The Kier molecular flexibility index (Phi) is 9.10. The summed E-state index contributed by atoms with van der Waals surface area (Å²) in [6.45, 7) is 1.69. The summed E-state index contributed by atoms with van der Waals surface area (Å²) in [4.78, 5) is 31.7. The molecule has 0 fully saturated rings. The second kappa shape index (κ2) is 11.9. The number of anilines is 3. The van der Waals surface area contributed by atoms with Gasteiger partial charge in [-0.15, -0.1) is 0 Å². The highest BCUT2D eigenvalue weighted by Gasteiger charge is 2.29. The number of amides is 2. The third-order valence-corrected chi connectivity index (χ3v) is 6.46. The average molecular weight is 557 g/mol. The van der Waals surface area contributed by atoms with E-state index in [4.69, 9.17) is 23.2 Å². The van der Waals surface area contributed by atoms with Crippen LogP contribution in [0, 0.1) is 0 Å². The van der Waals surface area contributed by atoms with Crippen LogP contribution < -0.4 is 10.2 Å². The van der Waals surface area contributed by atoms with E-state index in [0.29, 0.717) is 39.2 Å². The predicted molar refractivity (Wildman–Crippen MR) is 137 cm³/mol. The molecule has 0 radical (unpaired) electrons. The fourth-order valence-corrected chi connectivity index (χ4v) is 4.15. The lowest BCUT2D eigenvalue weighted by Crippen LogP contribution is -2.45. The topological polar surface area (TPSA) is 65.5 Å². The van der Waals surface area contributed by atoms with Gasteiger partial charge in [0.25, 0.3) is 0 Å². The van der Waals surface area contributed by atoms with Gasteiger partial charge in [-0.3, -0.25) is 9.59 Å². The summed E-state index contributed by atoms with van der Waals surface area (Å²) >= 11 is 12.0. The fraction of sp³-hybridized carbons (Fsp3) is 0.208. The van der Waals surface area contributed by atoms with Crippen LogP contribution in [0.4, 0.5) is 30.4 Å². The fourth-order valence-electron chi connectivity index (χ4n) is 3.27. The molecule has 0 aliphatic carbocycles. The van der Waals surface area contributed by atoms with E-state index in [1.807, 2.05) is 0 Å². The van der Waals surface area contributed by atoms with Gasteiger partial charge in [0, 0.05) is 35.4 Å². The van der Waals surface area contributed by atoms with Crippen molar-refractivity contribution in [1.82, 2.24) is 9.88 Å². The predicted octanol–water partition coefficient (Wildman–Crippen LogP) is 6.75. The molecule has 0 bridgehead atoms. The number of thioether (sulfide) groups is 1. The molecule has 0 aliphatic rings. The van der Waals surface area contributed by atoms with E-state index < -0.39 is 17.5 Å². The van der Waals surface area contributed by atoms with Gasteiger partial charge in [0.2, 0.25) is 12.3 Å². The van der Waals surface area contributed by atoms with Crippen molar-refractivity contribution in [3.63, 3.8) is 0 Å². The summed E-state index contributed by atoms with van der Waals surface area (Å²) < 4.78 is 37.6.